The lowest BCUT2D eigenvalue weighted by molar-refractivity contribution is 0.232. The van der Waals surface area contributed by atoms with Gasteiger partial charge in [0.25, 0.3) is 0 Å². The lowest BCUT2D eigenvalue weighted by Crippen LogP contribution is -2.46. The number of hydrogen-bond donors (Lipinski definition) is 1. The van der Waals surface area contributed by atoms with E-state index in [4.69, 9.17) is 0 Å². The molecule has 0 aromatic rings. The Morgan fingerprint density at radius 1 is 1.40 bits per heavy atom. The highest BCUT2D eigenvalue weighted by Gasteiger charge is 2.37. The zero-order chi connectivity index (χ0) is 14.5. The second-order valence-corrected chi connectivity index (χ2v) is 6.39. The van der Waals surface area contributed by atoms with Crippen LogP contribution < -0.4 is 5.32 Å². The quantitative estimate of drug-likeness (QED) is 0.597. The smallest absolute Gasteiger partial charge is 0.193 e. The van der Waals surface area contributed by atoms with Crippen LogP contribution >= 0.6 is 0 Å². The monoisotopic (exact) mass is 280 g/mol. The minimum Gasteiger partial charge on any atom is -0.353 e. The third-order valence-electron chi connectivity index (χ3n) is 4.86. The van der Waals surface area contributed by atoms with Crippen molar-refractivity contribution in [2.75, 3.05) is 33.7 Å². The van der Waals surface area contributed by atoms with Gasteiger partial charge < -0.3 is 10.2 Å². The van der Waals surface area contributed by atoms with Gasteiger partial charge in [0.05, 0.1) is 0 Å². The van der Waals surface area contributed by atoms with Crippen molar-refractivity contribution in [3.05, 3.63) is 0 Å². The first-order chi connectivity index (χ1) is 9.69. The summed E-state index contributed by atoms with van der Waals surface area (Å²) in [7, 11) is 4.08. The van der Waals surface area contributed by atoms with Gasteiger partial charge in [-0.15, -0.1) is 0 Å². The van der Waals surface area contributed by atoms with E-state index in [9.17, 15) is 0 Å². The maximum Gasteiger partial charge on any atom is 0.193 e. The molecule has 0 spiro atoms. The molecule has 0 aromatic carbocycles. The SMILES string of the molecule is CCCC1CC1NC(=NC)N(C)CC1CCCN1CC. The summed E-state index contributed by atoms with van der Waals surface area (Å²) in [5, 5.41) is 3.64. The molecule has 2 aliphatic rings. The highest BCUT2D eigenvalue weighted by Crippen LogP contribution is 2.34. The number of nitrogens with zero attached hydrogens (tertiary/aromatic N) is 3. The van der Waals surface area contributed by atoms with Crippen LogP contribution in [-0.4, -0.2) is 61.6 Å². The van der Waals surface area contributed by atoms with Crippen LogP contribution in [0.4, 0.5) is 0 Å². The van der Waals surface area contributed by atoms with Gasteiger partial charge in [0.15, 0.2) is 5.96 Å². The largest absolute Gasteiger partial charge is 0.353 e. The van der Waals surface area contributed by atoms with Crippen molar-refractivity contribution >= 4 is 5.96 Å². The summed E-state index contributed by atoms with van der Waals surface area (Å²) < 4.78 is 0. The van der Waals surface area contributed by atoms with Gasteiger partial charge in [-0.2, -0.15) is 0 Å². The Hall–Kier alpha value is -0.770. The third kappa shape index (κ3) is 3.87. The molecule has 1 N–H and O–H groups in total. The fourth-order valence-electron chi connectivity index (χ4n) is 3.55. The Labute approximate surface area is 124 Å². The molecular weight excluding hydrogens is 248 g/mol. The number of likely N-dealkylation sites (tertiary alicyclic amines) is 1. The van der Waals surface area contributed by atoms with E-state index in [1.54, 1.807) is 0 Å². The average Bonchev–Trinajstić information content (AvgIpc) is 3.01. The second kappa shape index (κ2) is 7.30. The molecule has 0 amide bonds. The van der Waals surface area contributed by atoms with Crippen LogP contribution in [0.25, 0.3) is 0 Å². The Kier molecular flexibility index (Phi) is 5.70. The first kappa shape index (κ1) is 15.6. The number of aliphatic imine (C=N–C) groups is 1. The molecule has 1 heterocycles. The van der Waals surface area contributed by atoms with Gasteiger partial charge in [0.1, 0.15) is 0 Å². The van der Waals surface area contributed by atoms with E-state index in [0.29, 0.717) is 12.1 Å². The highest BCUT2D eigenvalue weighted by molar-refractivity contribution is 5.80. The lowest BCUT2D eigenvalue weighted by atomic mass is 10.2. The molecular formula is C16H32N4. The first-order valence-electron chi connectivity index (χ1n) is 8.38. The van der Waals surface area contributed by atoms with Crippen LogP contribution in [-0.2, 0) is 0 Å². The predicted octanol–water partition coefficient (Wildman–Crippen LogP) is 2.17. The Morgan fingerprint density at radius 3 is 2.85 bits per heavy atom. The summed E-state index contributed by atoms with van der Waals surface area (Å²) in [5.74, 6) is 1.96. The summed E-state index contributed by atoms with van der Waals surface area (Å²) in [6.45, 7) is 8.08. The van der Waals surface area contributed by atoms with Crippen LogP contribution in [0.3, 0.4) is 0 Å². The molecule has 0 radical (unpaired) electrons. The van der Waals surface area contributed by atoms with Gasteiger partial charge in [-0.3, -0.25) is 9.89 Å². The van der Waals surface area contributed by atoms with Crippen LogP contribution in [0.2, 0.25) is 0 Å². The Morgan fingerprint density at radius 2 is 2.20 bits per heavy atom. The zero-order valence-corrected chi connectivity index (χ0v) is 13.7. The van der Waals surface area contributed by atoms with Crippen molar-refractivity contribution in [2.24, 2.45) is 10.9 Å². The third-order valence-corrected chi connectivity index (χ3v) is 4.86. The predicted molar refractivity (Wildman–Crippen MR) is 86.2 cm³/mol. The zero-order valence-electron chi connectivity index (χ0n) is 13.7. The average molecular weight is 280 g/mol. The molecule has 3 atom stereocenters. The first-order valence-corrected chi connectivity index (χ1v) is 8.38. The molecule has 2 fully saturated rings. The van der Waals surface area contributed by atoms with Gasteiger partial charge in [0, 0.05) is 32.7 Å². The van der Waals surface area contributed by atoms with Crippen molar-refractivity contribution in [1.29, 1.82) is 0 Å². The number of rotatable bonds is 6. The van der Waals surface area contributed by atoms with Gasteiger partial charge in [-0.05, 0) is 44.7 Å². The van der Waals surface area contributed by atoms with Gasteiger partial charge in [-0.1, -0.05) is 20.3 Å². The number of hydrogen-bond acceptors (Lipinski definition) is 2. The molecule has 3 unspecified atom stereocenters. The topological polar surface area (TPSA) is 30.9 Å². The normalized spacial score (nSPS) is 30.6. The van der Waals surface area contributed by atoms with E-state index in [-0.39, 0.29) is 0 Å². The molecule has 1 saturated heterocycles. The number of nitrogens with one attached hydrogen (secondary N) is 1. The van der Waals surface area contributed by atoms with E-state index in [1.807, 2.05) is 7.05 Å². The molecule has 0 bridgehead atoms. The van der Waals surface area contributed by atoms with Crippen molar-refractivity contribution in [3.8, 4) is 0 Å². The van der Waals surface area contributed by atoms with E-state index in [2.05, 4.69) is 41.0 Å². The summed E-state index contributed by atoms with van der Waals surface area (Å²) in [4.78, 5) is 9.39. The van der Waals surface area contributed by atoms with Gasteiger partial charge in [0.2, 0.25) is 0 Å². The maximum atomic E-state index is 4.47. The fourth-order valence-corrected chi connectivity index (χ4v) is 3.55. The molecule has 4 nitrogen and oxygen atoms in total. The molecule has 1 aliphatic carbocycles. The van der Waals surface area contributed by atoms with E-state index < -0.39 is 0 Å². The minimum atomic E-state index is 0.668. The van der Waals surface area contributed by atoms with Crippen molar-refractivity contribution in [3.63, 3.8) is 0 Å². The molecule has 0 aromatic heterocycles. The summed E-state index contributed by atoms with van der Waals surface area (Å²) >= 11 is 0. The van der Waals surface area contributed by atoms with Crippen LogP contribution in [0.15, 0.2) is 4.99 Å². The second-order valence-electron chi connectivity index (χ2n) is 6.39. The fraction of sp³-hybridized carbons (Fsp3) is 0.938. The molecule has 1 saturated carbocycles. The van der Waals surface area contributed by atoms with E-state index in [0.717, 1.165) is 18.4 Å². The van der Waals surface area contributed by atoms with Crippen LogP contribution in [0, 0.1) is 5.92 Å². The Bertz CT molecular complexity index is 328. The van der Waals surface area contributed by atoms with Crippen LogP contribution in [0.1, 0.15) is 46.0 Å². The van der Waals surface area contributed by atoms with Crippen molar-refractivity contribution in [2.45, 2.75) is 58.0 Å². The highest BCUT2D eigenvalue weighted by atomic mass is 15.3. The van der Waals surface area contributed by atoms with Gasteiger partial charge in [-0.25, -0.2) is 0 Å². The number of guanidine groups is 1. The summed E-state index contributed by atoms with van der Waals surface area (Å²) in [5.41, 5.74) is 0. The maximum absolute atomic E-state index is 4.47. The van der Waals surface area contributed by atoms with Crippen molar-refractivity contribution in [1.82, 2.24) is 15.1 Å². The van der Waals surface area contributed by atoms with Gasteiger partial charge >= 0.3 is 0 Å². The standard InChI is InChI=1S/C16H32N4/c1-5-8-13-11-15(13)18-16(17-3)19(4)12-14-9-7-10-20(14)6-2/h13-15H,5-12H2,1-4H3,(H,17,18). The number of likely N-dealkylation sites (N-methyl/N-ethyl adjacent to an activating group) is 2. The van der Waals surface area contributed by atoms with Crippen LogP contribution in [0.5, 0.6) is 0 Å². The minimum absolute atomic E-state index is 0.668. The Balaban J connectivity index is 1.79. The van der Waals surface area contributed by atoms with E-state index in [1.165, 1.54) is 45.2 Å². The summed E-state index contributed by atoms with van der Waals surface area (Å²) in [6.07, 6.45) is 6.65. The molecule has 4 heteroatoms. The molecule has 1 aliphatic heterocycles. The summed E-state index contributed by atoms with van der Waals surface area (Å²) in [6, 6.07) is 1.37. The van der Waals surface area contributed by atoms with Crippen molar-refractivity contribution < 1.29 is 0 Å². The molecule has 2 rings (SSSR count). The molecule has 116 valence electrons. The van der Waals surface area contributed by atoms with E-state index >= 15 is 0 Å². The molecule has 20 heavy (non-hydrogen) atoms. The lowest BCUT2D eigenvalue weighted by Gasteiger charge is -2.30.